The van der Waals surface area contributed by atoms with Crippen molar-refractivity contribution in [2.75, 3.05) is 20.1 Å². The summed E-state index contributed by atoms with van der Waals surface area (Å²) in [6.45, 7) is 3.65. The summed E-state index contributed by atoms with van der Waals surface area (Å²) in [4.78, 5) is 13.7. The fourth-order valence-electron chi connectivity index (χ4n) is 2.93. The molecule has 1 aliphatic carbocycles. The lowest BCUT2D eigenvalue weighted by molar-refractivity contribution is -0.112. The number of benzene rings is 1. The number of carbonyl (C=O) groups is 1. The molecule has 0 amide bonds. The zero-order valence-electron chi connectivity index (χ0n) is 11.7. The number of aliphatic hydroxyl groups is 1. The monoisotopic (exact) mass is 261 g/mol. The van der Waals surface area contributed by atoms with Gasteiger partial charge in [0.1, 0.15) is 6.29 Å². The summed E-state index contributed by atoms with van der Waals surface area (Å²) < 4.78 is 0. The zero-order chi connectivity index (χ0) is 13.9. The van der Waals surface area contributed by atoms with Crippen LogP contribution in [-0.2, 0) is 10.2 Å². The van der Waals surface area contributed by atoms with Crippen LogP contribution in [-0.4, -0.2) is 42.5 Å². The second-order valence-electron chi connectivity index (χ2n) is 6.09. The molecule has 0 saturated heterocycles. The molecule has 0 aromatic heterocycles. The van der Waals surface area contributed by atoms with Gasteiger partial charge in [0.2, 0.25) is 0 Å². The third-order valence-electron chi connectivity index (χ3n) is 4.07. The Morgan fingerprint density at radius 2 is 2.00 bits per heavy atom. The topological polar surface area (TPSA) is 40.5 Å². The molecule has 3 heteroatoms. The SMILES string of the molecule is CN(CC1CC(O)C1)CC(C)(C=O)c1ccccc1. The Morgan fingerprint density at radius 1 is 1.37 bits per heavy atom. The Morgan fingerprint density at radius 3 is 2.53 bits per heavy atom. The van der Waals surface area contributed by atoms with Crippen LogP contribution >= 0.6 is 0 Å². The van der Waals surface area contributed by atoms with Gasteiger partial charge in [0, 0.05) is 13.1 Å². The maximum absolute atomic E-state index is 11.5. The molecule has 104 valence electrons. The molecule has 2 rings (SSSR count). The van der Waals surface area contributed by atoms with Crippen LogP contribution < -0.4 is 0 Å². The van der Waals surface area contributed by atoms with Crippen molar-refractivity contribution in [3.63, 3.8) is 0 Å². The van der Waals surface area contributed by atoms with Gasteiger partial charge in [-0.1, -0.05) is 30.3 Å². The van der Waals surface area contributed by atoms with E-state index in [-0.39, 0.29) is 6.10 Å². The fourth-order valence-corrected chi connectivity index (χ4v) is 2.93. The molecule has 19 heavy (non-hydrogen) atoms. The van der Waals surface area contributed by atoms with Crippen LogP contribution in [0.2, 0.25) is 0 Å². The summed E-state index contributed by atoms with van der Waals surface area (Å²) in [6.07, 6.45) is 2.74. The third kappa shape index (κ3) is 3.43. The van der Waals surface area contributed by atoms with Crippen molar-refractivity contribution in [3.05, 3.63) is 35.9 Å². The summed E-state index contributed by atoms with van der Waals surface area (Å²) in [7, 11) is 2.05. The predicted molar refractivity (Wildman–Crippen MR) is 76.1 cm³/mol. The number of aldehydes is 1. The van der Waals surface area contributed by atoms with Crippen molar-refractivity contribution in [1.82, 2.24) is 4.90 Å². The van der Waals surface area contributed by atoms with Crippen LogP contribution in [0, 0.1) is 5.92 Å². The fraction of sp³-hybridized carbons (Fsp3) is 0.562. The minimum absolute atomic E-state index is 0.107. The molecule has 1 unspecified atom stereocenters. The molecule has 1 saturated carbocycles. The zero-order valence-corrected chi connectivity index (χ0v) is 11.7. The molecule has 1 atom stereocenters. The van der Waals surface area contributed by atoms with Crippen LogP contribution in [0.4, 0.5) is 0 Å². The minimum atomic E-state index is -0.460. The van der Waals surface area contributed by atoms with Crippen molar-refractivity contribution in [2.24, 2.45) is 5.92 Å². The standard InChI is InChI=1S/C16H23NO2/c1-16(12-18,14-6-4-3-5-7-14)11-17(2)10-13-8-15(19)9-13/h3-7,12-13,15,19H,8-11H2,1-2H3. The third-order valence-corrected chi connectivity index (χ3v) is 4.07. The molecule has 0 bridgehead atoms. The van der Waals surface area contributed by atoms with E-state index in [0.29, 0.717) is 12.5 Å². The van der Waals surface area contributed by atoms with Crippen molar-refractivity contribution < 1.29 is 9.90 Å². The lowest BCUT2D eigenvalue weighted by atomic mass is 9.80. The maximum Gasteiger partial charge on any atom is 0.131 e. The molecular formula is C16H23NO2. The van der Waals surface area contributed by atoms with Gasteiger partial charge in [-0.15, -0.1) is 0 Å². The maximum atomic E-state index is 11.5. The first-order chi connectivity index (χ1) is 9.03. The van der Waals surface area contributed by atoms with Crippen LogP contribution in [0.3, 0.4) is 0 Å². The van der Waals surface area contributed by atoms with Gasteiger partial charge in [-0.3, -0.25) is 0 Å². The Balaban J connectivity index is 1.96. The average Bonchev–Trinajstić information content (AvgIpc) is 2.38. The summed E-state index contributed by atoms with van der Waals surface area (Å²) in [5, 5.41) is 9.31. The Hall–Kier alpha value is -1.19. The summed E-state index contributed by atoms with van der Waals surface area (Å²) in [5.74, 6) is 0.576. The second-order valence-corrected chi connectivity index (χ2v) is 6.09. The van der Waals surface area contributed by atoms with E-state index in [0.717, 1.165) is 31.2 Å². The molecular weight excluding hydrogens is 238 g/mol. The van der Waals surface area contributed by atoms with Gasteiger partial charge < -0.3 is 14.8 Å². The Kier molecular flexibility index (Phi) is 4.38. The number of hydrogen-bond acceptors (Lipinski definition) is 3. The van der Waals surface area contributed by atoms with Gasteiger partial charge in [0.05, 0.1) is 11.5 Å². The molecule has 0 radical (unpaired) electrons. The molecule has 1 fully saturated rings. The van der Waals surface area contributed by atoms with Gasteiger partial charge >= 0.3 is 0 Å². The van der Waals surface area contributed by atoms with Gasteiger partial charge in [0.25, 0.3) is 0 Å². The van der Waals surface area contributed by atoms with Crippen LogP contribution in [0.1, 0.15) is 25.3 Å². The van der Waals surface area contributed by atoms with E-state index < -0.39 is 5.41 Å². The molecule has 1 aromatic rings. The quantitative estimate of drug-likeness (QED) is 0.794. The first kappa shape index (κ1) is 14.2. The number of nitrogens with zero attached hydrogens (tertiary/aromatic N) is 1. The molecule has 0 heterocycles. The normalized spacial score (nSPS) is 25.7. The van der Waals surface area contributed by atoms with Crippen molar-refractivity contribution in [3.8, 4) is 0 Å². The molecule has 0 aliphatic heterocycles. The van der Waals surface area contributed by atoms with Gasteiger partial charge in [-0.2, -0.15) is 0 Å². The van der Waals surface area contributed by atoms with E-state index in [1.54, 1.807) is 0 Å². The highest BCUT2D eigenvalue weighted by Gasteiger charge is 2.31. The summed E-state index contributed by atoms with van der Waals surface area (Å²) in [5.41, 5.74) is 0.601. The number of hydrogen-bond donors (Lipinski definition) is 1. The first-order valence-corrected chi connectivity index (χ1v) is 6.92. The summed E-state index contributed by atoms with van der Waals surface area (Å²) in [6, 6.07) is 9.93. The lowest BCUT2D eigenvalue weighted by Crippen LogP contribution is -2.43. The van der Waals surface area contributed by atoms with Crippen LogP contribution in [0.5, 0.6) is 0 Å². The molecule has 1 aromatic carbocycles. The van der Waals surface area contributed by atoms with Gasteiger partial charge in [-0.05, 0) is 38.3 Å². The van der Waals surface area contributed by atoms with E-state index >= 15 is 0 Å². The highest BCUT2D eigenvalue weighted by molar-refractivity contribution is 5.68. The van der Waals surface area contributed by atoms with Gasteiger partial charge in [-0.25, -0.2) is 0 Å². The van der Waals surface area contributed by atoms with Crippen molar-refractivity contribution >= 4 is 6.29 Å². The number of aliphatic hydroxyl groups excluding tert-OH is 1. The van der Waals surface area contributed by atoms with Crippen molar-refractivity contribution in [1.29, 1.82) is 0 Å². The minimum Gasteiger partial charge on any atom is -0.393 e. The Labute approximate surface area is 115 Å². The van der Waals surface area contributed by atoms with E-state index in [1.807, 2.05) is 37.3 Å². The number of rotatable bonds is 6. The number of likely N-dealkylation sites (N-methyl/N-ethyl adjacent to an activating group) is 1. The second kappa shape index (κ2) is 5.85. The smallest absolute Gasteiger partial charge is 0.131 e. The first-order valence-electron chi connectivity index (χ1n) is 6.92. The largest absolute Gasteiger partial charge is 0.393 e. The van der Waals surface area contributed by atoms with Crippen molar-refractivity contribution in [2.45, 2.75) is 31.3 Å². The van der Waals surface area contributed by atoms with Gasteiger partial charge in [0.15, 0.2) is 0 Å². The predicted octanol–water partition coefficient (Wildman–Crippen LogP) is 1.85. The van der Waals surface area contributed by atoms with Crippen LogP contribution in [0.25, 0.3) is 0 Å². The highest BCUT2D eigenvalue weighted by Crippen LogP contribution is 2.29. The van der Waals surface area contributed by atoms with E-state index in [4.69, 9.17) is 0 Å². The van der Waals surface area contributed by atoms with E-state index in [9.17, 15) is 9.90 Å². The molecule has 3 nitrogen and oxygen atoms in total. The Bertz CT molecular complexity index is 414. The van der Waals surface area contributed by atoms with Crippen LogP contribution in [0.15, 0.2) is 30.3 Å². The average molecular weight is 261 g/mol. The lowest BCUT2D eigenvalue weighted by Gasteiger charge is -2.37. The molecule has 0 spiro atoms. The number of carbonyl (C=O) groups excluding carboxylic acids is 1. The molecule has 1 aliphatic rings. The molecule has 1 N–H and O–H groups in total. The highest BCUT2D eigenvalue weighted by atomic mass is 16.3. The summed E-state index contributed by atoms with van der Waals surface area (Å²) >= 11 is 0. The van der Waals surface area contributed by atoms with E-state index in [1.165, 1.54) is 0 Å². The van der Waals surface area contributed by atoms with E-state index in [2.05, 4.69) is 11.9 Å².